The lowest BCUT2D eigenvalue weighted by Gasteiger charge is -2.39. The zero-order chi connectivity index (χ0) is 36.2. The highest BCUT2D eigenvalue weighted by Crippen LogP contribution is 2.29. The first-order valence-electron chi connectivity index (χ1n) is 17.6. The number of unbranched alkanes of at least 4 members (excludes halogenated alkanes) is 2. The van der Waals surface area contributed by atoms with Gasteiger partial charge in [-0.25, -0.2) is 0 Å². The van der Waals surface area contributed by atoms with Gasteiger partial charge in [-0.3, -0.25) is 14.5 Å². The minimum absolute atomic E-state index is 0.127. The molecule has 0 aliphatic carbocycles. The van der Waals surface area contributed by atoms with E-state index >= 15 is 0 Å². The predicted molar refractivity (Wildman–Crippen MR) is 201 cm³/mol. The Labute approximate surface area is 307 Å². The van der Waals surface area contributed by atoms with Crippen LogP contribution < -0.4 is 0 Å². The van der Waals surface area contributed by atoms with Crippen LogP contribution in [0.15, 0.2) is 114 Å². The number of carbonyl (C=O) groups excluding carboxylic acids is 2. The molecule has 0 unspecified atom stereocenters. The van der Waals surface area contributed by atoms with Crippen LogP contribution in [-0.2, 0) is 41.7 Å². The molecule has 0 saturated carbocycles. The highest BCUT2D eigenvalue weighted by atomic mass is 79.9. The molecule has 1 heterocycles. The maximum Gasteiger partial charge on any atom is 0.416 e. The molecule has 0 radical (unpaired) electrons. The monoisotopic (exact) mass is 759 g/mol. The van der Waals surface area contributed by atoms with Crippen LogP contribution in [0, 0.1) is 0 Å². The summed E-state index contributed by atoms with van der Waals surface area (Å²) in [5, 5.41) is 0. The molecule has 51 heavy (non-hydrogen) atoms. The lowest BCUT2D eigenvalue weighted by Crippen LogP contribution is -2.56. The highest BCUT2D eigenvalue weighted by Gasteiger charge is 2.35. The number of benzene rings is 4. The summed E-state index contributed by atoms with van der Waals surface area (Å²) >= 11 is 3.65. The Morgan fingerprint density at radius 3 is 2.10 bits per heavy atom. The molecule has 268 valence electrons. The van der Waals surface area contributed by atoms with E-state index in [1.807, 2.05) is 59.5 Å². The van der Waals surface area contributed by atoms with Gasteiger partial charge in [-0.15, -0.1) is 0 Å². The Bertz CT molecular complexity index is 1740. The smallest absolute Gasteiger partial charge is 0.338 e. The van der Waals surface area contributed by atoms with E-state index in [1.165, 1.54) is 35.4 Å². The van der Waals surface area contributed by atoms with Crippen LogP contribution in [0.2, 0.25) is 0 Å². The van der Waals surface area contributed by atoms with Crippen molar-refractivity contribution in [2.75, 3.05) is 26.2 Å². The van der Waals surface area contributed by atoms with E-state index in [0.717, 1.165) is 60.0 Å². The number of rotatable bonds is 14. The summed E-state index contributed by atoms with van der Waals surface area (Å²) in [6.45, 7) is 5.67. The quantitative estimate of drug-likeness (QED) is 0.0952. The molecule has 5 rings (SSSR count). The van der Waals surface area contributed by atoms with Gasteiger partial charge in [-0.1, -0.05) is 121 Å². The Kier molecular flexibility index (Phi) is 13.7. The van der Waals surface area contributed by atoms with Crippen molar-refractivity contribution >= 4 is 33.8 Å². The Hall–Kier alpha value is -4.21. The summed E-state index contributed by atoms with van der Waals surface area (Å²) in [6, 6.07) is 30.0. The van der Waals surface area contributed by atoms with Gasteiger partial charge in [-0.05, 0) is 64.9 Å². The first kappa shape index (κ1) is 38.0. The standard InChI is InChI=1S/C42H45BrF3N3O2/c1-2-3-5-10-32-15-17-35(18-16-32)31-49(40(50)24-21-33-19-22-37(23-20-33)42(44,45)46)39(29-36-13-8-9-14-38(36)43)41(51)48-27-25-47(26-28-48)30-34-11-6-4-7-12-34/h4,6-9,11-24,39H,2-3,5,10,25-31H2,1H3/b24-21+/t39-/m0/s1. The minimum atomic E-state index is -4.45. The molecule has 4 aromatic carbocycles. The van der Waals surface area contributed by atoms with Gasteiger partial charge in [0, 0.05) is 56.2 Å². The molecule has 1 saturated heterocycles. The molecule has 4 aromatic rings. The zero-order valence-corrected chi connectivity index (χ0v) is 30.6. The Balaban J connectivity index is 1.42. The number of carbonyl (C=O) groups is 2. The van der Waals surface area contributed by atoms with Crippen LogP contribution in [0.3, 0.4) is 0 Å². The fourth-order valence-electron chi connectivity index (χ4n) is 6.36. The molecule has 0 aromatic heterocycles. The molecule has 1 atom stereocenters. The molecule has 1 aliphatic heterocycles. The summed E-state index contributed by atoms with van der Waals surface area (Å²) in [5.41, 5.74) is 3.93. The normalized spacial score (nSPS) is 14.5. The topological polar surface area (TPSA) is 43.9 Å². The fourth-order valence-corrected chi connectivity index (χ4v) is 6.80. The van der Waals surface area contributed by atoms with Crippen molar-refractivity contribution in [2.45, 2.75) is 64.3 Å². The predicted octanol–water partition coefficient (Wildman–Crippen LogP) is 9.20. The van der Waals surface area contributed by atoms with E-state index in [0.29, 0.717) is 38.2 Å². The van der Waals surface area contributed by atoms with Gasteiger partial charge in [-0.2, -0.15) is 13.2 Å². The number of nitrogens with zero attached hydrogens (tertiary/aromatic N) is 3. The van der Waals surface area contributed by atoms with Crippen LogP contribution in [0.5, 0.6) is 0 Å². The maximum absolute atomic E-state index is 14.6. The SMILES string of the molecule is CCCCCc1ccc(CN(C(=O)/C=C/c2ccc(C(F)(F)F)cc2)[C@@H](Cc2ccccc2Br)C(=O)N2CCN(Cc3ccccc3)CC2)cc1. The van der Waals surface area contributed by atoms with Crippen molar-refractivity contribution < 1.29 is 22.8 Å². The van der Waals surface area contributed by atoms with Crippen molar-refractivity contribution in [1.29, 1.82) is 0 Å². The molecule has 9 heteroatoms. The highest BCUT2D eigenvalue weighted by molar-refractivity contribution is 9.10. The zero-order valence-electron chi connectivity index (χ0n) is 29.0. The van der Waals surface area contributed by atoms with Crippen molar-refractivity contribution in [3.8, 4) is 0 Å². The van der Waals surface area contributed by atoms with Gasteiger partial charge in [0.1, 0.15) is 6.04 Å². The second-order valence-electron chi connectivity index (χ2n) is 13.1. The molecule has 2 amide bonds. The fraction of sp³-hybridized carbons (Fsp3) is 0.333. The van der Waals surface area contributed by atoms with E-state index in [9.17, 15) is 22.8 Å². The van der Waals surface area contributed by atoms with Crippen LogP contribution in [0.25, 0.3) is 6.08 Å². The van der Waals surface area contributed by atoms with Crippen LogP contribution in [0.1, 0.15) is 59.6 Å². The van der Waals surface area contributed by atoms with E-state index in [2.05, 4.69) is 52.0 Å². The summed E-state index contributed by atoms with van der Waals surface area (Å²) in [5.74, 6) is -0.521. The lowest BCUT2D eigenvalue weighted by molar-refractivity contribution is -0.145. The number of alkyl halides is 3. The minimum Gasteiger partial charge on any atom is -0.338 e. The van der Waals surface area contributed by atoms with E-state index < -0.39 is 23.7 Å². The molecular formula is C42H45BrF3N3O2. The van der Waals surface area contributed by atoms with Gasteiger partial charge < -0.3 is 9.80 Å². The molecule has 1 aliphatic rings. The third-order valence-electron chi connectivity index (χ3n) is 9.35. The summed E-state index contributed by atoms with van der Waals surface area (Å²) in [6.07, 6.45) is 3.10. The van der Waals surface area contributed by atoms with Crippen molar-refractivity contribution in [3.63, 3.8) is 0 Å². The number of hydrogen-bond donors (Lipinski definition) is 0. The Morgan fingerprint density at radius 2 is 1.45 bits per heavy atom. The average Bonchev–Trinajstić information content (AvgIpc) is 3.14. The van der Waals surface area contributed by atoms with Crippen molar-refractivity contribution in [3.05, 3.63) is 147 Å². The molecule has 0 N–H and O–H groups in total. The van der Waals surface area contributed by atoms with Gasteiger partial charge >= 0.3 is 6.18 Å². The first-order valence-corrected chi connectivity index (χ1v) is 18.4. The van der Waals surface area contributed by atoms with Crippen molar-refractivity contribution in [2.24, 2.45) is 0 Å². The third-order valence-corrected chi connectivity index (χ3v) is 10.1. The number of aryl methyl sites for hydroxylation is 1. The van der Waals surface area contributed by atoms with Gasteiger partial charge in [0.25, 0.3) is 0 Å². The second kappa shape index (κ2) is 18.3. The van der Waals surface area contributed by atoms with Crippen LogP contribution >= 0.6 is 15.9 Å². The van der Waals surface area contributed by atoms with Crippen molar-refractivity contribution in [1.82, 2.24) is 14.7 Å². The number of halogens is 4. The third kappa shape index (κ3) is 11.1. The van der Waals surface area contributed by atoms with Crippen LogP contribution in [-0.4, -0.2) is 58.7 Å². The van der Waals surface area contributed by atoms with Gasteiger partial charge in [0.2, 0.25) is 11.8 Å². The van der Waals surface area contributed by atoms with E-state index in [-0.39, 0.29) is 12.5 Å². The largest absolute Gasteiger partial charge is 0.416 e. The van der Waals surface area contributed by atoms with E-state index in [1.54, 1.807) is 4.90 Å². The molecule has 1 fully saturated rings. The average molecular weight is 761 g/mol. The molecule has 0 bridgehead atoms. The Morgan fingerprint density at radius 1 is 0.804 bits per heavy atom. The summed E-state index contributed by atoms with van der Waals surface area (Å²) < 4.78 is 40.4. The lowest BCUT2D eigenvalue weighted by atomic mass is 10.0. The molecule has 0 spiro atoms. The summed E-state index contributed by atoms with van der Waals surface area (Å²) in [7, 11) is 0. The van der Waals surface area contributed by atoms with Gasteiger partial charge in [0.15, 0.2) is 0 Å². The molecule has 5 nitrogen and oxygen atoms in total. The first-order chi connectivity index (χ1) is 24.6. The van der Waals surface area contributed by atoms with Gasteiger partial charge in [0.05, 0.1) is 5.56 Å². The number of piperazine rings is 1. The second-order valence-corrected chi connectivity index (χ2v) is 13.9. The summed E-state index contributed by atoms with van der Waals surface area (Å²) in [4.78, 5) is 34.6. The number of amides is 2. The van der Waals surface area contributed by atoms with Crippen LogP contribution in [0.4, 0.5) is 13.2 Å². The van der Waals surface area contributed by atoms with E-state index in [4.69, 9.17) is 0 Å². The number of hydrogen-bond acceptors (Lipinski definition) is 3. The molecular weight excluding hydrogens is 715 g/mol. The maximum atomic E-state index is 14.6.